The van der Waals surface area contributed by atoms with Crippen LogP contribution in [-0.2, 0) is 14.3 Å². The number of esters is 1. The van der Waals surface area contributed by atoms with Crippen LogP contribution in [0.1, 0.15) is 450 Å². The van der Waals surface area contributed by atoms with Crippen LogP contribution < -0.4 is 5.32 Å². The molecule has 0 bridgehead atoms. The van der Waals surface area contributed by atoms with Crippen LogP contribution in [0.4, 0.5) is 0 Å². The van der Waals surface area contributed by atoms with Gasteiger partial charge in [0.1, 0.15) is 0 Å². The molecule has 0 spiro atoms. The van der Waals surface area contributed by atoms with Gasteiger partial charge in [0, 0.05) is 12.8 Å². The molecule has 0 aliphatic carbocycles. The molecule has 0 saturated carbocycles. The molecular weight excluding hydrogens is 1010 g/mol. The lowest BCUT2D eigenvalue weighted by Crippen LogP contribution is -2.45. The Labute approximate surface area is 515 Å². The van der Waals surface area contributed by atoms with Crippen molar-refractivity contribution in [3.8, 4) is 0 Å². The number of unbranched alkanes of at least 4 members (excludes halogenated alkanes) is 62. The number of aliphatic hydroxyl groups excluding tert-OH is 2. The van der Waals surface area contributed by atoms with Crippen molar-refractivity contribution < 1.29 is 24.5 Å². The molecule has 6 nitrogen and oxygen atoms in total. The molecule has 0 radical (unpaired) electrons. The minimum Gasteiger partial charge on any atom is -0.466 e. The summed E-state index contributed by atoms with van der Waals surface area (Å²) >= 11 is 0. The standard InChI is InChI=1S/C76H151NO5/c1-3-5-7-9-11-13-15-17-19-21-22-23-24-25-28-31-34-37-40-44-48-52-56-60-64-68-74(79)73(72-78)77-75(80)69-65-61-57-53-49-45-41-38-35-32-29-26-27-30-33-36-39-43-47-51-55-59-63-67-71-82-76(81)70-66-62-58-54-50-46-42-20-18-16-14-12-10-8-6-4-2/h73-74,78-79H,3-72H2,1-2H3,(H,77,80). The zero-order chi connectivity index (χ0) is 59.2. The maximum absolute atomic E-state index is 12.6. The summed E-state index contributed by atoms with van der Waals surface area (Å²) in [6.07, 6.45) is 88.9. The molecular formula is C76H151NO5. The number of nitrogens with one attached hydrogen (secondary N) is 1. The highest BCUT2D eigenvalue weighted by atomic mass is 16.5. The highest BCUT2D eigenvalue weighted by Crippen LogP contribution is 2.20. The van der Waals surface area contributed by atoms with E-state index in [1.54, 1.807) is 0 Å². The lowest BCUT2D eigenvalue weighted by Gasteiger charge is -2.22. The Hall–Kier alpha value is -1.14. The first-order chi connectivity index (χ1) is 40.5. The number of carbonyl (C=O) groups is 2. The monoisotopic (exact) mass is 1160 g/mol. The van der Waals surface area contributed by atoms with E-state index in [9.17, 15) is 19.8 Å². The number of hydrogen-bond acceptors (Lipinski definition) is 5. The number of ether oxygens (including phenoxy) is 1. The summed E-state index contributed by atoms with van der Waals surface area (Å²) in [6, 6.07) is -0.541. The second-order valence-corrected chi connectivity index (χ2v) is 26.7. The Morgan fingerprint density at radius 2 is 0.500 bits per heavy atom. The fourth-order valence-electron chi connectivity index (χ4n) is 12.6. The highest BCUT2D eigenvalue weighted by molar-refractivity contribution is 5.76. The summed E-state index contributed by atoms with van der Waals surface area (Å²) in [5, 5.41) is 23.5. The van der Waals surface area contributed by atoms with Crippen LogP contribution in [0.2, 0.25) is 0 Å². The molecule has 2 unspecified atom stereocenters. The van der Waals surface area contributed by atoms with Crippen LogP contribution in [0.5, 0.6) is 0 Å². The van der Waals surface area contributed by atoms with Gasteiger partial charge in [-0.2, -0.15) is 0 Å². The predicted molar refractivity (Wildman–Crippen MR) is 361 cm³/mol. The van der Waals surface area contributed by atoms with Gasteiger partial charge in [-0.05, 0) is 25.7 Å². The molecule has 6 heteroatoms. The predicted octanol–water partition coefficient (Wildman–Crippen LogP) is 24.9. The van der Waals surface area contributed by atoms with E-state index in [1.807, 2.05) is 0 Å². The van der Waals surface area contributed by atoms with Crippen LogP contribution in [-0.4, -0.2) is 47.4 Å². The highest BCUT2D eigenvalue weighted by Gasteiger charge is 2.20. The van der Waals surface area contributed by atoms with Crippen LogP contribution >= 0.6 is 0 Å². The number of aliphatic hydroxyl groups is 2. The number of carbonyl (C=O) groups excluding carboxylic acids is 2. The van der Waals surface area contributed by atoms with Crippen LogP contribution in [0, 0.1) is 0 Å². The van der Waals surface area contributed by atoms with Crippen molar-refractivity contribution in [3.63, 3.8) is 0 Å². The molecule has 82 heavy (non-hydrogen) atoms. The average Bonchev–Trinajstić information content (AvgIpc) is 3.48. The molecule has 0 fully saturated rings. The number of hydrogen-bond donors (Lipinski definition) is 3. The molecule has 0 aliphatic heterocycles. The molecule has 0 heterocycles. The van der Waals surface area contributed by atoms with Crippen molar-refractivity contribution >= 4 is 11.9 Å². The van der Waals surface area contributed by atoms with Gasteiger partial charge in [-0.1, -0.05) is 412 Å². The second-order valence-electron chi connectivity index (χ2n) is 26.7. The number of rotatable bonds is 73. The van der Waals surface area contributed by atoms with Crippen LogP contribution in [0.15, 0.2) is 0 Å². The maximum Gasteiger partial charge on any atom is 0.305 e. The maximum atomic E-state index is 12.6. The van der Waals surface area contributed by atoms with Crippen molar-refractivity contribution in [2.24, 2.45) is 0 Å². The molecule has 3 N–H and O–H groups in total. The van der Waals surface area contributed by atoms with E-state index in [0.717, 1.165) is 38.5 Å². The third-order valence-corrected chi connectivity index (χ3v) is 18.4. The molecule has 2 atom stereocenters. The lowest BCUT2D eigenvalue weighted by molar-refractivity contribution is -0.143. The molecule has 0 aromatic heterocycles. The third-order valence-electron chi connectivity index (χ3n) is 18.4. The lowest BCUT2D eigenvalue weighted by atomic mass is 10.0. The van der Waals surface area contributed by atoms with E-state index in [1.165, 1.54) is 379 Å². The van der Waals surface area contributed by atoms with E-state index < -0.39 is 12.1 Å². The van der Waals surface area contributed by atoms with Crippen molar-refractivity contribution in [2.75, 3.05) is 13.2 Å². The number of amides is 1. The molecule has 0 aromatic rings. The topological polar surface area (TPSA) is 95.9 Å². The third kappa shape index (κ3) is 68.0. The first-order valence-electron chi connectivity index (χ1n) is 38.3. The van der Waals surface area contributed by atoms with Gasteiger partial charge < -0.3 is 20.3 Å². The molecule has 490 valence electrons. The van der Waals surface area contributed by atoms with Gasteiger partial charge in [0.2, 0.25) is 5.91 Å². The van der Waals surface area contributed by atoms with E-state index in [0.29, 0.717) is 25.9 Å². The van der Waals surface area contributed by atoms with E-state index in [4.69, 9.17) is 4.74 Å². The SMILES string of the molecule is CCCCCCCCCCCCCCCCCCCCCCCCCCCC(O)C(CO)NC(=O)CCCCCCCCCCCCCCCCCCCCCCCCCCOC(=O)CCCCCCCCCCCCCCCCCC. The molecule has 0 rings (SSSR count). The fourth-order valence-corrected chi connectivity index (χ4v) is 12.6. The van der Waals surface area contributed by atoms with Crippen molar-refractivity contribution in [1.82, 2.24) is 5.32 Å². The van der Waals surface area contributed by atoms with Gasteiger partial charge in [0.25, 0.3) is 0 Å². The summed E-state index contributed by atoms with van der Waals surface area (Å²) in [7, 11) is 0. The zero-order valence-electron chi connectivity index (χ0n) is 56.3. The minimum atomic E-state index is -0.664. The van der Waals surface area contributed by atoms with Crippen LogP contribution in [0.3, 0.4) is 0 Å². The smallest absolute Gasteiger partial charge is 0.305 e. The first kappa shape index (κ1) is 80.9. The Morgan fingerprint density at radius 1 is 0.293 bits per heavy atom. The molecule has 0 saturated heterocycles. The summed E-state index contributed by atoms with van der Waals surface area (Å²) in [4.78, 5) is 24.7. The Bertz CT molecular complexity index is 1200. The first-order valence-corrected chi connectivity index (χ1v) is 38.3. The van der Waals surface area contributed by atoms with Gasteiger partial charge in [-0.3, -0.25) is 9.59 Å². The van der Waals surface area contributed by atoms with Gasteiger partial charge in [-0.25, -0.2) is 0 Å². The second kappa shape index (κ2) is 72.3. The van der Waals surface area contributed by atoms with Gasteiger partial charge in [-0.15, -0.1) is 0 Å². The molecule has 0 aliphatic rings. The molecule has 0 aromatic carbocycles. The Kier molecular flexibility index (Phi) is 71.3. The molecule has 1 amide bonds. The minimum absolute atomic E-state index is 0.0207. The Morgan fingerprint density at radius 3 is 0.744 bits per heavy atom. The quantitative estimate of drug-likeness (QED) is 0.0417. The summed E-state index contributed by atoms with van der Waals surface area (Å²) in [5.74, 6) is -0.00648. The zero-order valence-corrected chi connectivity index (χ0v) is 56.3. The van der Waals surface area contributed by atoms with Crippen molar-refractivity contribution in [2.45, 2.75) is 463 Å². The summed E-state index contributed by atoms with van der Waals surface area (Å²) in [6.45, 7) is 5.02. The van der Waals surface area contributed by atoms with Crippen LogP contribution in [0.25, 0.3) is 0 Å². The fraction of sp³-hybridized carbons (Fsp3) is 0.974. The van der Waals surface area contributed by atoms with Crippen molar-refractivity contribution in [1.29, 1.82) is 0 Å². The normalized spacial score (nSPS) is 12.4. The van der Waals surface area contributed by atoms with E-state index in [-0.39, 0.29) is 18.5 Å². The Balaban J connectivity index is 3.35. The van der Waals surface area contributed by atoms with Gasteiger partial charge >= 0.3 is 5.97 Å². The van der Waals surface area contributed by atoms with Gasteiger partial charge in [0.15, 0.2) is 0 Å². The summed E-state index contributed by atoms with van der Waals surface area (Å²) < 4.78 is 5.51. The van der Waals surface area contributed by atoms with E-state index in [2.05, 4.69) is 19.2 Å². The van der Waals surface area contributed by atoms with Gasteiger partial charge in [0.05, 0.1) is 25.4 Å². The summed E-state index contributed by atoms with van der Waals surface area (Å²) in [5.41, 5.74) is 0. The van der Waals surface area contributed by atoms with Crippen molar-refractivity contribution in [3.05, 3.63) is 0 Å². The average molecular weight is 1160 g/mol. The largest absolute Gasteiger partial charge is 0.466 e. The van der Waals surface area contributed by atoms with E-state index >= 15 is 0 Å².